The fraction of sp³-hybridized carbons (Fsp3) is 0.548. The molecule has 0 aromatic heterocycles. The third-order valence-corrected chi connectivity index (χ3v) is 7.20. The number of ketones is 1. The van der Waals surface area contributed by atoms with E-state index in [9.17, 15) is 38.7 Å². The Labute approximate surface area is 278 Å². The van der Waals surface area contributed by atoms with Crippen molar-refractivity contribution >= 4 is 64.9 Å². The van der Waals surface area contributed by atoms with E-state index in [1.807, 2.05) is 0 Å². The van der Waals surface area contributed by atoms with Crippen LogP contribution in [0.15, 0.2) is 24.3 Å². The summed E-state index contributed by atoms with van der Waals surface area (Å²) >= 11 is 5.25. The minimum Gasteiger partial charge on any atom is -0.481 e. The van der Waals surface area contributed by atoms with Gasteiger partial charge < -0.3 is 41.9 Å². The number of carboxylic acids is 3. The number of aldehydes is 1. The summed E-state index contributed by atoms with van der Waals surface area (Å²) in [7, 11) is 0. The summed E-state index contributed by atoms with van der Waals surface area (Å²) in [5.41, 5.74) is 1.31. The molecular formula is C31H45N5O10S. The van der Waals surface area contributed by atoms with Crippen LogP contribution in [0.25, 0.3) is 0 Å². The number of urea groups is 1. The maximum atomic E-state index is 12.8. The van der Waals surface area contributed by atoms with Gasteiger partial charge in [-0.3, -0.25) is 24.0 Å². The van der Waals surface area contributed by atoms with Crippen LogP contribution in [0.1, 0.15) is 87.4 Å². The second-order valence-electron chi connectivity index (χ2n) is 10.9. The molecule has 0 heterocycles. The average Bonchev–Trinajstić information content (AvgIpc) is 3.02. The van der Waals surface area contributed by atoms with E-state index in [4.69, 9.17) is 22.4 Å². The van der Waals surface area contributed by atoms with E-state index in [0.29, 0.717) is 36.5 Å². The van der Waals surface area contributed by atoms with Crippen molar-refractivity contribution in [3.05, 3.63) is 29.8 Å². The van der Waals surface area contributed by atoms with Crippen molar-refractivity contribution < 1.29 is 48.9 Å². The largest absolute Gasteiger partial charge is 0.481 e. The first kappa shape index (κ1) is 40.4. The van der Waals surface area contributed by atoms with Gasteiger partial charge >= 0.3 is 23.9 Å². The lowest BCUT2D eigenvalue weighted by atomic mass is 9.94. The highest BCUT2D eigenvalue weighted by molar-refractivity contribution is 7.80. The standard InChI is InChI=1S/C31H45N5O10S/c37-20-21-10-13-23(14-11-21)35-31(47)34-17-4-1-2-7-24(38)19-22(12-15-27(41)42)28(43)32-16-5-3-8-25(29(44)45)36-30(46)33-18-6-9-26(39)40/h10-11,13-14,20,22,25H,1-9,12,15-19H2,(H,32,43)(H,39,40)(H,41,42)(H,44,45)(H2,33,36,46)(H2,34,35,47)/t22-,25+/m1/s1. The van der Waals surface area contributed by atoms with Crippen LogP contribution in [0.5, 0.6) is 0 Å². The fourth-order valence-corrected chi connectivity index (χ4v) is 4.60. The molecule has 1 aromatic rings. The second kappa shape index (κ2) is 23.7. The SMILES string of the molecule is O=Cc1ccc(NC(=S)NCCCCCC(=O)C[C@@H](CCC(=O)O)C(=O)NCCCC[C@H](NC(=O)NCCCC(=O)O)C(=O)O)cc1. The smallest absolute Gasteiger partial charge is 0.326 e. The van der Waals surface area contributed by atoms with Crippen molar-refractivity contribution in [2.45, 2.75) is 83.1 Å². The van der Waals surface area contributed by atoms with Gasteiger partial charge in [0, 0.05) is 62.5 Å². The first-order chi connectivity index (χ1) is 22.4. The van der Waals surface area contributed by atoms with Gasteiger partial charge in [-0.2, -0.15) is 0 Å². The fourth-order valence-electron chi connectivity index (χ4n) is 4.38. The zero-order valence-electron chi connectivity index (χ0n) is 26.3. The third kappa shape index (κ3) is 20.2. The molecule has 260 valence electrons. The zero-order valence-corrected chi connectivity index (χ0v) is 27.1. The molecular weight excluding hydrogens is 634 g/mol. The molecule has 3 amide bonds. The monoisotopic (exact) mass is 679 g/mol. The molecule has 16 heteroatoms. The lowest BCUT2D eigenvalue weighted by molar-refractivity contribution is -0.140. The summed E-state index contributed by atoms with van der Waals surface area (Å²) in [5, 5.41) is 41.0. The summed E-state index contributed by atoms with van der Waals surface area (Å²) in [6.45, 7) is 0.841. The van der Waals surface area contributed by atoms with Crippen molar-refractivity contribution in [3.63, 3.8) is 0 Å². The Hall–Kier alpha value is -4.60. The number of hydrogen-bond donors (Lipinski definition) is 8. The summed E-state index contributed by atoms with van der Waals surface area (Å²) in [4.78, 5) is 81.1. The number of rotatable bonds is 25. The number of carboxylic acid groups (broad SMARTS) is 3. The minimum atomic E-state index is -1.24. The minimum absolute atomic E-state index is 0.00568. The van der Waals surface area contributed by atoms with E-state index in [1.165, 1.54) is 0 Å². The number of aliphatic carboxylic acids is 3. The second-order valence-corrected chi connectivity index (χ2v) is 11.3. The van der Waals surface area contributed by atoms with Crippen LogP contribution >= 0.6 is 12.2 Å². The highest BCUT2D eigenvalue weighted by Gasteiger charge is 2.23. The summed E-state index contributed by atoms with van der Waals surface area (Å²) in [6.07, 6.45) is 3.63. The summed E-state index contributed by atoms with van der Waals surface area (Å²) in [5.74, 6) is -4.71. The molecule has 0 unspecified atom stereocenters. The Morgan fingerprint density at radius 3 is 2.00 bits per heavy atom. The van der Waals surface area contributed by atoms with Crippen LogP contribution in [0.2, 0.25) is 0 Å². The van der Waals surface area contributed by atoms with E-state index >= 15 is 0 Å². The summed E-state index contributed by atoms with van der Waals surface area (Å²) in [6, 6.07) is 4.92. The van der Waals surface area contributed by atoms with Gasteiger partial charge in [-0.05, 0) is 81.4 Å². The van der Waals surface area contributed by atoms with Crippen LogP contribution < -0.4 is 26.6 Å². The molecule has 0 fully saturated rings. The van der Waals surface area contributed by atoms with Gasteiger partial charge in [-0.25, -0.2) is 9.59 Å². The lowest BCUT2D eigenvalue weighted by Gasteiger charge is -2.17. The quantitative estimate of drug-likeness (QED) is 0.0422. The molecule has 0 radical (unpaired) electrons. The molecule has 0 aliphatic carbocycles. The number of carbonyl (C=O) groups excluding carboxylic acids is 4. The highest BCUT2D eigenvalue weighted by Crippen LogP contribution is 2.16. The van der Waals surface area contributed by atoms with Gasteiger partial charge in [0.1, 0.15) is 18.1 Å². The van der Waals surface area contributed by atoms with Gasteiger partial charge in [-0.1, -0.05) is 6.42 Å². The lowest BCUT2D eigenvalue weighted by Crippen LogP contribution is -2.46. The van der Waals surface area contributed by atoms with Gasteiger partial charge in [-0.15, -0.1) is 0 Å². The Bertz CT molecular complexity index is 1210. The molecule has 0 aliphatic rings. The normalized spacial score (nSPS) is 11.7. The Morgan fingerprint density at radius 2 is 1.36 bits per heavy atom. The van der Waals surface area contributed by atoms with Crippen LogP contribution in [0, 0.1) is 5.92 Å². The van der Waals surface area contributed by atoms with Crippen molar-refractivity contribution in [1.29, 1.82) is 0 Å². The number of benzene rings is 1. The van der Waals surface area contributed by atoms with E-state index in [0.717, 1.165) is 24.8 Å². The molecule has 0 bridgehead atoms. The number of thiocarbonyl (C=S) groups is 1. The van der Waals surface area contributed by atoms with E-state index in [-0.39, 0.29) is 63.8 Å². The van der Waals surface area contributed by atoms with Gasteiger partial charge in [0.05, 0.1) is 0 Å². The van der Waals surface area contributed by atoms with Crippen LogP contribution in [-0.2, 0) is 24.0 Å². The molecule has 8 N–H and O–H groups in total. The number of nitrogens with one attached hydrogen (secondary N) is 5. The van der Waals surface area contributed by atoms with Crippen LogP contribution in [0.3, 0.4) is 0 Å². The first-order valence-corrected chi connectivity index (χ1v) is 15.9. The van der Waals surface area contributed by atoms with Gasteiger partial charge in [0.25, 0.3) is 0 Å². The number of unbranched alkanes of at least 4 members (excludes halogenated alkanes) is 3. The van der Waals surface area contributed by atoms with E-state index in [1.54, 1.807) is 24.3 Å². The maximum absolute atomic E-state index is 12.8. The Kier molecular flexibility index (Phi) is 20.4. The van der Waals surface area contributed by atoms with Crippen molar-refractivity contribution in [2.24, 2.45) is 5.92 Å². The van der Waals surface area contributed by atoms with Crippen LogP contribution in [-0.4, -0.2) is 88.0 Å². The van der Waals surface area contributed by atoms with Crippen molar-refractivity contribution in [1.82, 2.24) is 21.3 Å². The molecule has 15 nitrogen and oxygen atoms in total. The molecule has 47 heavy (non-hydrogen) atoms. The molecule has 1 aromatic carbocycles. The average molecular weight is 680 g/mol. The highest BCUT2D eigenvalue weighted by atomic mass is 32.1. The van der Waals surface area contributed by atoms with E-state index < -0.39 is 41.8 Å². The van der Waals surface area contributed by atoms with Crippen molar-refractivity contribution in [2.75, 3.05) is 25.0 Å². The number of hydrogen-bond acceptors (Lipinski definition) is 8. The number of amides is 3. The Morgan fingerprint density at radius 1 is 0.723 bits per heavy atom. The number of carbonyl (C=O) groups is 7. The topological polar surface area (TPSA) is 240 Å². The molecule has 2 atom stereocenters. The molecule has 0 saturated heterocycles. The Balaban J connectivity index is 2.34. The molecule has 0 spiro atoms. The first-order valence-electron chi connectivity index (χ1n) is 15.5. The summed E-state index contributed by atoms with van der Waals surface area (Å²) < 4.78 is 0. The predicted octanol–water partition coefficient (Wildman–Crippen LogP) is 2.69. The molecule has 1 rings (SSSR count). The van der Waals surface area contributed by atoms with Crippen LogP contribution in [0.4, 0.5) is 10.5 Å². The number of anilines is 1. The predicted molar refractivity (Wildman–Crippen MR) is 176 cm³/mol. The number of Topliss-reactive ketones (excluding diaryl/α,β-unsaturated/α-hetero) is 1. The van der Waals surface area contributed by atoms with Gasteiger partial charge in [0.15, 0.2) is 5.11 Å². The third-order valence-electron chi connectivity index (χ3n) is 6.95. The van der Waals surface area contributed by atoms with E-state index in [2.05, 4.69) is 26.6 Å². The molecule has 0 saturated carbocycles. The maximum Gasteiger partial charge on any atom is 0.326 e. The molecule has 0 aliphatic heterocycles. The zero-order chi connectivity index (χ0) is 35.0. The van der Waals surface area contributed by atoms with Crippen molar-refractivity contribution in [3.8, 4) is 0 Å². The van der Waals surface area contributed by atoms with Gasteiger partial charge in [0.2, 0.25) is 5.91 Å².